The third-order valence-corrected chi connectivity index (χ3v) is 5.68. The Morgan fingerprint density at radius 2 is 2.00 bits per heavy atom. The van der Waals surface area contributed by atoms with Crippen LogP contribution < -0.4 is 5.43 Å². The largest absolute Gasteiger partial charge is 0.455 e. The number of hydrazone groups is 1. The number of carbonyl (C=O) groups excluding carboxylic acids is 1. The molecule has 1 saturated heterocycles. The molecule has 1 fully saturated rings. The topological polar surface area (TPSA) is 57.8 Å². The van der Waals surface area contributed by atoms with Gasteiger partial charge in [0, 0.05) is 30.1 Å². The van der Waals surface area contributed by atoms with Crippen molar-refractivity contribution in [1.82, 2.24) is 4.90 Å². The molecule has 1 atom stereocenters. The number of nitrogens with one attached hydrogen (secondary N) is 1. The van der Waals surface area contributed by atoms with Crippen LogP contribution >= 0.6 is 0 Å². The van der Waals surface area contributed by atoms with Crippen molar-refractivity contribution >= 4 is 17.3 Å². The normalized spacial score (nSPS) is 21.2. The Hall–Kier alpha value is -2.56. The second-order valence-corrected chi connectivity index (χ2v) is 7.59. The third-order valence-electron chi connectivity index (χ3n) is 5.68. The fourth-order valence-electron chi connectivity index (χ4n) is 4.16. The SMILES string of the molecule is Cc1c(C(=O)N2CCCCC2C)oc2c1/C(=N/Nc1ccccc1)CCC2. The lowest BCUT2D eigenvalue weighted by Crippen LogP contribution is -2.42. The van der Waals surface area contributed by atoms with Crippen LogP contribution in [0.3, 0.4) is 0 Å². The van der Waals surface area contributed by atoms with Crippen LogP contribution in [0.25, 0.3) is 0 Å². The number of aryl methyl sites for hydroxylation is 1. The zero-order valence-corrected chi connectivity index (χ0v) is 16.1. The number of nitrogens with zero attached hydrogens (tertiary/aromatic N) is 2. The van der Waals surface area contributed by atoms with Gasteiger partial charge in [-0.3, -0.25) is 10.2 Å². The Morgan fingerprint density at radius 3 is 2.78 bits per heavy atom. The van der Waals surface area contributed by atoms with Crippen molar-refractivity contribution in [3.63, 3.8) is 0 Å². The van der Waals surface area contributed by atoms with Gasteiger partial charge in [-0.1, -0.05) is 18.2 Å². The number of rotatable bonds is 3. The van der Waals surface area contributed by atoms with E-state index in [-0.39, 0.29) is 11.9 Å². The highest BCUT2D eigenvalue weighted by Crippen LogP contribution is 2.32. The average Bonchev–Trinajstić information content (AvgIpc) is 3.04. The first kappa shape index (κ1) is 17.8. The Labute approximate surface area is 160 Å². The highest BCUT2D eigenvalue weighted by Gasteiger charge is 2.32. The minimum absolute atomic E-state index is 0.0319. The second-order valence-electron chi connectivity index (χ2n) is 7.59. The Bertz CT molecular complexity index is 854. The number of furan rings is 1. The van der Waals surface area contributed by atoms with Gasteiger partial charge < -0.3 is 9.32 Å². The molecule has 2 aliphatic rings. The van der Waals surface area contributed by atoms with Gasteiger partial charge in [-0.05, 0) is 58.1 Å². The number of amides is 1. The minimum Gasteiger partial charge on any atom is -0.455 e. The van der Waals surface area contributed by atoms with E-state index in [1.54, 1.807) is 0 Å². The van der Waals surface area contributed by atoms with Crippen LogP contribution in [0.2, 0.25) is 0 Å². The summed E-state index contributed by atoms with van der Waals surface area (Å²) in [6.45, 7) is 4.95. The molecular formula is C22H27N3O2. The van der Waals surface area contributed by atoms with Crippen molar-refractivity contribution in [2.24, 2.45) is 5.10 Å². The maximum Gasteiger partial charge on any atom is 0.290 e. The monoisotopic (exact) mass is 365 g/mol. The highest BCUT2D eigenvalue weighted by molar-refractivity contribution is 6.06. The van der Waals surface area contributed by atoms with Gasteiger partial charge in [-0.15, -0.1) is 0 Å². The smallest absolute Gasteiger partial charge is 0.290 e. The minimum atomic E-state index is 0.0319. The Kier molecular flexibility index (Phi) is 5.01. The molecule has 27 heavy (non-hydrogen) atoms. The molecular weight excluding hydrogens is 338 g/mol. The zero-order chi connectivity index (χ0) is 18.8. The lowest BCUT2D eigenvalue weighted by Gasteiger charge is -2.32. The van der Waals surface area contributed by atoms with Gasteiger partial charge in [-0.2, -0.15) is 5.10 Å². The molecule has 1 amide bonds. The van der Waals surface area contributed by atoms with Crippen molar-refractivity contribution in [3.8, 4) is 0 Å². The molecule has 1 aliphatic heterocycles. The zero-order valence-electron chi connectivity index (χ0n) is 16.1. The van der Waals surface area contributed by atoms with Gasteiger partial charge in [0.2, 0.25) is 0 Å². The number of hydrogen-bond acceptors (Lipinski definition) is 4. The van der Waals surface area contributed by atoms with Crippen molar-refractivity contribution in [3.05, 3.63) is 53.0 Å². The molecule has 1 unspecified atom stereocenters. The van der Waals surface area contributed by atoms with Crippen molar-refractivity contribution in [2.45, 2.75) is 58.4 Å². The number of fused-ring (bicyclic) bond motifs is 1. The average molecular weight is 365 g/mol. The van der Waals surface area contributed by atoms with Crippen LogP contribution in [0.1, 0.15) is 66.5 Å². The first-order chi connectivity index (χ1) is 13.1. The molecule has 4 rings (SSSR count). The summed E-state index contributed by atoms with van der Waals surface area (Å²) >= 11 is 0. The lowest BCUT2D eigenvalue weighted by atomic mass is 9.93. The fourth-order valence-corrected chi connectivity index (χ4v) is 4.16. The summed E-state index contributed by atoms with van der Waals surface area (Å²) in [6, 6.07) is 10.2. The number of anilines is 1. The third kappa shape index (κ3) is 3.51. The number of likely N-dealkylation sites (tertiary alicyclic amines) is 1. The molecule has 1 aromatic carbocycles. The number of para-hydroxylation sites is 1. The number of carbonyl (C=O) groups is 1. The van der Waals surface area contributed by atoms with E-state index < -0.39 is 0 Å². The summed E-state index contributed by atoms with van der Waals surface area (Å²) in [5.74, 6) is 1.44. The van der Waals surface area contributed by atoms with E-state index >= 15 is 0 Å². The summed E-state index contributed by atoms with van der Waals surface area (Å²) in [5, 5.41) is 4.64. The molecule has 2 heterocycles. The van der Waals surface area contributed by atoms with Crippen LogP contribution in [-0.4, -0.2) is 29.1 Å². The predicted molar refractivity (Wildman–Crippen MR) is 107 cm³/mol. The number of piperidine rings is 1. The summed E-state index contributed by atoms with van der Waals surface area (Å²) < 4.78 is 6.08. The maximum atomic E-state index is 13.1. The van der Waals surface area contributed by atoms with Gasteiger partial charge in [0.1, 0.15) is 5.76 Å². The van der Waals surface area contributed by atoms with E-state index in [1.807, 2.05) is 42.2 Å². The number of benzene rings is 1. The van der Waals surface area contributed by atoms with Crippen molar-refractivity contribution in [2.75, 3.05) is 12.0 Å². The molecule has 0 spiro atoms. The van der Waals surface area contributed by atoms with Gasteiger partial charge in [-0.25, -0.2) is 0 Å². The van der Waals surface area contributed by atoms with Gasteiger partial charge in [0.25, 0.3) is 5.91 Å². The molecule has 0 saturated carbocycles. The molecule has 1 aromatic heterocycles. The van der Waals surface area contributed by atoms with Crippen LogP contribution in [0.5, 0.6) is 0 Å². The summed E-state index contributed by atoms with van der Waals surface area (Å²) in [4.78, 5) is 15.1. The van der Waals surface area contributed by atoms with Gasteiger partial charge in [0.15, 0.2) is 5.76 Å². The quantitative estimate of drug-likeness (QED) is 0.798. The van der Waals surface area contributed by atoms with Crippen LogP contribution in [0, 0.1) is 6.92 Å². The van der Waals surface area contributed by atoms with Crippen molar-refractivity contribution < 1.29 is 9.21 Å². The van der Waals surface area contributed by atoms with E-state index in [1.165, 1.54) is 6.42 Å². The molecule has 5 heteroatoms. The molecule has 0 bridgehead atoms. The summed E-state index contributed by atoms with van der Waals surface area (Å²) in [5.41, 5.74) is 7.03. The predicted octanol–water partition coefficient (Wildman–Crippen LogP) is 4.76. The first-order valence-electron chi connectivity index (χ1n) is 9.96. The van der Waals surface area contributed by atoms with E-state index in [9.17, 15) is 4.79 Å². The highest BCUT2D eigenvalue weighted by atomic mass is 16.4. The Balaban J connectivity index is 1.62. The van der Waals surface area contributed by atoms with Gasteiger partial charge in [0.05, 0.1) is 11.4 Å². The van der Waals surface area contributed by atoms with Crippen LogP contribution in [0.15, 0.2) is 39.9 Å². The summed E-state index contributed by atoms with van der Waals surface area (Å²) in [6.07, 6.45) is 6.08. The second kappa shape index (κ2) is 7.59. The molecule has 2 aromatic rings. The molecule has 142 valence electrons. The molecule has 1 aliphatic carbocycles. The van der Waals surface area contributed by atoms with E-state index in [0.717, 1.165) is 66.9 Å². The van der Waals surface area contributed by atoms with Crippen molar-refractivity contribution in [1.29, 1.82) is 0 Å². The van der Waals surface area contributed by atoms with E-state index in [2.05, 4.69) is 17.5 Å². The molecule has 1 N–H and O–H groups in total. The maximum absolute atomic E-state index is 13.1. The van der Waals surface area contributed by atoms with Crippen LogP contribution in [-0.2, 0) is 6.42 Å². The molecule has 0 radical (unpaired) electrons. The number of hydrogen-bond donors (Lipinski definition) is 1. The standard InChI is InChI=1S/C22H27N3O2/c1-15-9-6-7-14-25(15)22(26)21-16(2)20-18(12-8-13-19(20)27-21)24-23-17-10-4-3-5-11-17/h3-5,10-11,15,23H,6-9,12-14H2,1-2H3/b24-18+. The molecule has 5 nitrogen and oxygen atoms in total. The van der Waals surface area contributed by atoms with E-state index in [4.69, 9.17) is 4.42 Å². The van der Waals surface area contributed by atoms with E-state index in [0.29, 0.717) is 5.76 Å². The van der Waals surface area contributed by atoms with Crippen LogP contribution in [0.4, 0.5) is 5.69 Å². The lowest BCUT2D eigenvalue weighted by molar-refractivity contribution is 0.0600. The van der Waals surface area contributed by atoms with Gasteiger partial charge >= 0.3 is 0 Å². The fraction of sp³-hybridized carbons (Fsp3) is 0.455. The Morgan fingerprint density at radius 1 is 1.19 bits per heavy atom. The summed E-state index contributed by atoms with van der Waals surface area (Å²) in [7, 11) is 0. The first-order valence-corrected chi connectivity index (χ1v) is 9.96.